The van der Waals surface area contributed by atoms with Gasteiger partial charge in [-0.05, 0) is 24.8 Å². The first-order chi connectivity index (χ1) is 24.7. The van der Waals surface area contributed by atoms with Crippen LogP contribution in [-0.2, 0) is 39.5 Å². The zero-order chi connectivity index (χ0) is 37.3. The summed E-state index contributed by atoms with van der Waals surface area (Å²) in [7, 11) is -4.77. The average Bonchev–Trinajstić information content (AvgIpc) is 3.11. The van der Waals surface area contributed by atoms with Gasteiger partial charge in [0.05, 0.1) is 6.61 Å². The lowest BCUT2D eigenvalue weighted by Crippen LogP contribution is -2.29. The molecule has 1 aromatic carbocycles. The summed E-state index contributed by atoms with van der Waals surface area (Å²) in [6.07, 6.45) is 23.4. The third-order valence-electron chi connectivity index (χ3n) is 8.68. The van der Waals surface area contributed by atoms with Crippen LogP contribution in [0.5, 0.6) is 0 Å². The van der Waals surface area contributed by atoms with E-state index in [2.05, 4.69) is 16.8 Å². The summed E-state index contributed by atoms with van der Waals surface area (Å²) >= 11 is 0. The molecule has 1 aromatic rings. The second kappa shape index (κ2) is 32.2. The highest BCUT2D eigenvalue weighted by molar-refractivity contribution is 7.46. The van der Waals surface area contributed by atoms with Gasteiger partial charge in [-0.3, -0.25) is 14.1 Å². The third kappa shape index (κ3) is 32.0. The van der Waals surface area contributed by atoms with Crippen LogP contribution in [0.2, 0.25) is 0 Å². The summed E-state index contributed by atoms with van der Waals surface area (Å²) in [6, 6.07) is 9.57. The Morgan fingerprint density at radius 1 is 0.627 bits per heavy atom. The maximum Gasteiger partial charge on any atom is 0.469 e. The number of amides is 1. The molecule has 0 aliphatic rings. The molecule has 0 saturated carbocycles. The van der Waals surface area contributed by atoms with Crippen LogP contribution in [0.4, 0.5) is 4.79 Å². The molecule has 1 rings (SSSR count). The number of carbonyl (C=O) groups excluding carboxylic acids is 3. The lowest BCUT2D eigenvalue weighted by atomic mass is 10.0. The zero-order valence-corrected chi connectivity index (χ0v) is 32.3. The number of hydrogen-bond donors (Lipinski definition) is 3. The quantitative estimate of drug-likeness (QED) is 0.0269. The number of phosphoric acid groups is 1. The monoisotopic (exact) mass is 741 g/mol. The lowest BCUT2D eigenvalue weighted by Gasteiger charge is -2.18. The third-order valence-corrected chi connectivity index (χ3v) is 9.17. The Balaban J connectivity index is 2.04. The van der Waals surface area contributed by atoms with Gasteiger partial charge >= 0.3 is 25.9 Å². The van der Waals surface area contributed by atoms with Gasteiger partial charge in [-0.25, -0.2) is 9.36 Å². The van der Waals surface area contributed by atoms with Crippen LogP contribution < -0.4 is 5.32 Å². The topological polar surface area (TPSA) is 158 Å². The molecular formula is C39H68NO10P. The number of phosphoric ester groups is 1. The predicted octanol–water partition coefficient (Wildman–Crippen LogP) is 9.86. The fourth-order valence-corrected chi connectivity index (χ4v) is 6.04. The fraction of sp³-hybridized carbons (Fsp3) is 0.769. The van der Waals surface area contributed by atoms with E-state index in [0.717, 1.165) is 76.2 Å². The van der Waals surface area contributed by atoms with Gasteiger partial charge in [0.2, 0.25) is 0 Å². The Kier molecular flexibility index (Phi) is 29.4. The van der Waals surface area contributed by atoms with Crippen LogP contribution in [-0.4, -0.2) is 53.7 Å². The molecule has 1 amide bonds. The summed E-state index contributed by atoms with van der Waals surface area (Å²) in [5, 5.41) is 2.79. The van der Waals surface area contributed by atoms with E-state index >= 15 is 0 Å². The summed E-state index contributed by atoms with van der Waals surface area (Å²) in [5.41, 5.74) is 0.958. The van der Waals surface area contributed by atoms with Crippen molar-refractivity contribution in [3.63, 3.8) is 0 Å². The van der Waals surface area contributed by atoms with Crippen LogP contribution in [0.3, 0.4) is 0 Å². The molecule has 0 heterocycles. The maximum absolute atomic E-state index is 12.4. The fourth-order valence-electron chi connectivity index (χ4n) is 5.68. The van der Waals surface area contributed by atoms with Crippen LogP contribution in [0, 0.1) is 0 Å². The largest absolute Gasteiger partial charge is 0.469 e. The maximum atomic E-state index is 12.4. The predicted molar refractivity (Wildman–Crippen MR) is 200 cm³/mol. The van der Waals surface area contributed by atoms with Crippen molar-refractivity contribution in [3.8, 4) is 0 Å². The molecule has 3 N–H and O–H groups in total. The Morgan fingerprint density at radius 3 is 1.61 bits per heavy atom. The second-order valence-corrected chi connectivity index (χ2v) is 14.7. The normalized spacial score (nSPS) is 12.0. The number of nitrogens with one attached hydrogen (secondary N) is 1. The van der Waals surface area contributed by atoms with Gasteiger partial charge in [-0.2, -0.15) is 0 Å². The van der Waals surface area contributed by atoms with Gasteiger partial charge in [0.1, 0.15) is 13.2 Å². The molecule has 0 aliphatic heterocycles. The minimum absolute atomic E-state index is 0.196. The molecule has 0 bridgehead atoms. The van der Waals surface area contributed by atoms with Crippen molar-refractivity contribution in [3.05, 3.63) is 35.9 Å². The number of unbranched alkanes of at least 4 members (excludes halogenated alkanes) is 20. The second-order valence-electron chi connectivity index (χ2n) is 13.5. The molecule has 0 aliphatic carbocycles. The van der Waals surface area contributed by atoms with Crippen molar-refractivity contribution >= 4 is 25.9 Å². The number of benzene rings is 1. The van der Waals surface area contributed by atoms with Gasteiger partial charge in [0.25, 0.3) is 0 Å². The van der Waals surface area contributed by atoms with Crippen LogP contribution in [0.25, 0.3) is 0 Å². The number of ether oxygens (including phenoxy) is 3. The van der Waals surface area contributed by atoms with E-state index in [-0.39, 0.29) is 26.1 Å². The van der Waals surface area contributed by atoms with E-state index in [1.807, 2.05) is 30.3 Å². The molecule has 0 spiro atoms. The molecule has 51 heavy (non-hydrogen) atoms. The molecule has 0 radical (unpaired) electrons. The van der Waals surface area contributed by atoms with Crippen molar-refractivity contribution in [2.75, 3.05) is 19.8 Å². The van der Waals surface area contributed by atoms with E-state index in [4.69, 9.17) is 24.0 Å². The molecule has 12 heteroatoms. The summed E-state index contributed by atoms with van der Waals surface area (Å²) in [4.78, 5) is 54.5. The molecular weight excluding hydrogens is 673 g/mol. The van der Waals surface area contributed by atoms with E-state index in [1.165, 1.54) is 57.8 Å². The molecule has 294 valence electrons. The summed E-state index contributed by atoms with van der Waals surface area (Å²) in [5.74, 6) is -0.939. The number of esters is 2. The van der Waals surface area contributed by atoms with Crippen LogP contribution >= 0.6 is 7.82 Å². The Labute approximate surface area is 307 Å². The van der Waals surface area contributed by atoms with Gasteiger partial charge in [-0.15, -0.1) is 0 Å². The Hall–Kier alpha value is -2.46. The summed E-state index contributed by atoms with van der Waals surface area (Å²) < 4.78 is 31.5. The number of rotatable bonds is 34. The first-order valence-electron chi connectivity index (χ1n) is 19.7. The molecule has 0 fully saturated rings. The number of alkyl carbamates (subject to hydrolysis) is 1. The van der Waals surface area contributed by atoms with E-state index in [1.54, 1.807) is 0 Å². The Morgan fingerprint density at radius 2 is 1.10 bits per heavy atom. The highest BCUT2D eigenvalue weighted by atomic mass is 31.2. The molecule has 1 unspecified atom stereocenters. The SMILES string of the molecule is CCCCCCCCCCCCCCCC(=O)OC(COC(=O)CCCCCCCCCCCNC(=O)OCc1ccccc1)COP(=O)(O)O. The highest BCUT2D eigenvalue weighted by Crippen LogP contribution is 2.36. The van der Waals surface area contributed by atoms with Crippen molar-refractivity contribution < 1.29 is 47.5 Å². The minimum atomic E-state index is -4.77. The summed E-state index contributed by atoms with van der Waals surface area (Å²) in [6.45, 7) is 2.23. The van der Waals surface area contributed by atoms with Gasteiger partial charge < -0.3 is 29.3 Å². The lowest BCUT2D eigenvalue weighted by molar-refractivity contribution is -0.161. The van der Waals surface area contributed by atoms with Crippen molar-refractivity contribution in [2.24, 2.45) is 0 Å². The Bertz CT molecular complexity index is 1050. The van der Waals surface area contributed by atoms with E-state index in [9.17, 15) is 18.9 Å². The average molecular weight is 742 g/mol. The van der Waals surface area contributed by atoms with Crippen molar-refractivity contribution in [1.82, 2.24) is 5.32 Å². The van der Waals surface area contributed by atoms with Crippen LogP contribution in [0.15, 0.2) is 30.3 Å². The smallest absolute Gasteiger partial charge is 0.462 e. The first kappa shape index (κ1) is 46.6. The van der Waals surface area contributed by atoms with E-state index in [0.29, 0.717) is 19.4 Å². The van der Waals surface area contributed by atoms with Crippen LogP contribution in [0.1, 0.15) is 167 Å². The standard InChI is InChI=1S/C39H68NO10P/c1-2-3-4-5-6-7-8-9-10-12-16-19-25-30-38(42)50-36(34-49-51(44,45)46)33-47-37(41)29-24-18-15-13-11-14-17-20-26-31-40-39(43)48-32-35-27-22-21-23-28-35/h21-23,27-28,36H,2-20,24-26,29-34H2,1H3,(H,40,43)(H2,44,45,46). The number of hydrogen-bond acceptors (Lipinski definition) is 8. The first-order valence-corrected chi connectivity index (χ1v) is 21.2. The van der Waals surface area contributed by atoms with Gasteiger partial charge in [0, 0.05) is 19.4 Å². The van der Waals surface area contributed by atoms with Gasteiger partial charge in [0.15, 0.2) is 6.10 Å². The van der Waals surface area contributed by atoms with Gasteiger partial charge in [-0.1, -0.05) is 159 Å². The zero-order valence-electron chi connectivity index (χ0n) is 31.4. The minimum Gasteiger partial charge on any atom is -0.462 e. The molecule has 0 aromatic heterocycles. The molecule has 0 saturated heterocycles. The van der Waals surface area contributed by atoms with E-state index < -0.39 is 38.6 Å². The number of carbonyl (C=O) groups is 3. The highest BCUT2D eigenvalue weighted by Gasteiger charge is 2.23. The molecule has 11 nitrogen and oxygen atoms in total. The van der Waals surface area contributed by atoms with Crippen molar-refractivity contribution in [2.45, 2.75) is 174 Å². The molecule has 1 atom stereocenters. The van der Waals surface area contributed by atoms with Crippen molar-refractivity contribution in [1.29, 1.82) is 0 Å².